The van der Waals surface area contributed by atoms with Crippen LogP contribution in [-0.2, 0) is 13.6 Å². The van der Waals surface area contributed by atoms with Crippen LogP contribution in [0.5, 0.6) is 0 Å². The Bertz CT molecular complexity index is 1340. The van der Waals surface area contributed by atoms with Crippen molar-refractivity contribution in [2.75, 3.05) is 10.6 Å². The monoisotopic (exact) mass is 462 g/mol. The van der Waals surface area contributed by atoms with E-state index < -0.39 is 0 Å². The SMILES string of the molecule is Cc1cc(C)n(Cc2cccc(NC(=O)c3cc(NC(=O)c4ccccc4Cl)n(C)n3)c2)n1. The summed E-state index contributed by atoms with van der Waals surface area (Å²) in [7, 11) is 1.65. The molecule has 0 aliphatic carbocycles. The lowest BCUT2D eigenvalue weighted by molar-refractivity contribution is 0.101. The van der Waals surface area contributed by atoms with E-state index in [0.29, 0.717) is 28.6 Å². The maximum Gasteiger partial charge on any atom is 0.276 e. The molecule has 0 saturated carbocycles. The Morgan fingerprint density at radius 3 is 2.45 bits per heavy atom. The first-order valence-electron chi connectivity index (χ1n) is 10.3. The third-order valence-electron chi connectivity index (χ3n) is 5.09. The molecule has 2 aromatic heterocycles. The lowest BCUT2D eigenvalue weighted by atomic mass is 10.2. The van der Waals surface area contributed by atoms with Crippen LogP contribution in [0.3, 0.4) is 0 Å². The van der Waals surface area contributed by atoms with Crippen molar-refractivity contribution in [2.24, 2.45) is 7.05 Å². The molecule has 2 heterocycles. The van der Waals surface area contributed by atoms with Crippen LogP contribution in [0.4, 0.5) is 11.5 Å². The quantitative estimate of drug-likeness (QED) is 0.443. The van der Waals surface area contributed by atoms with Crippen molar-refractivity contribution in [1.82, 2.24) is 19.6 Å². The van der Waals surface area contributed by atoms with E-state index in [1.807, 2.05) is 48.9 Å². The van der Waals surface area contributed by atoms with Crippen LogP contribution in [0.25, 0.3) is 0 Å². The van der Waals surface area contributed by atoms with Crippen LogP contribution < -0.4 is 10.6 Å². The molecular formula is C24H23ClN6O2. The topological polar surface area (TPSA) is 93.8 Å². The molecule has 2 N–H and O–H groups in total. The number of anilines is 2. The first kappa shape index (κ1) is 22.3. The molecule has 0 saturated heterocycles. The number of aryl methyl sites for hydroxylation is 3. The van der Waals surface area contributed by atoms with Gasteiger partial charge < -0.3 is 10.6 Å². The van der Waals surface area contributed by atoms with Gasteiger partial charge in [-0.3, -0.25) is 19.0 Å². The minimum absolute atomic E-state index is 0.177. The molecule has 0 atom stereocenters. The fourth-order valence-electron chi connectivity index (χ4n) is 3.47. The van der Waals surface area contributed by atoms with Crippen LogP contribution >= 0.6 is 11.6 Å². The van der Waals surface area contributed by atoms with Crippen molar-refractivity contribution in [3.05, 3.63) is 93.9 Å². The first-order valence-corrected chi connectivity index (χ1v) is 10.7. The third kappa shape index (κ3) is 5.12. The Balaban J connectivity index is 1.45. The Kier molecular flexibility index (Phi) is 6.28. The second-order valence-corrected chi connectivity index (χ2v) is 8.12. The predicted molar refractivity (Wildman–Crippen MR) is 128 cm³/mol. The largest absolute Gasteiger partial charge is 0.321 e. The number of hydrogen-bond donors (Lipinski definition) is 2. The molecule has 2 amide bonds. The molecular weight excluding hydrogens is 440 g/mol. The summed E-state index contributed by atoms with van der Waals surface area (Å²) >= 11 is 6.09. The Morgan fingerprint density at radius 2 is 1.73 bits per heavy atom. The summed E-state index contributed by atoms with van der Waals surface area (Å²) in [6.45, 7) is 4.57. The average Bonchev–Trinajstić information content (AvgIpc) is 3.29. The Hall–Kier alpha value is -3.91. The van der Waals surface area contributed by atoms with E-state index in [0.717, 1.165) is 17.0 Å². The molecule has 4 aromatic rings. The summed E-state index contributed by atoms with van der Waals surface area (Å²) in [5.74, 6) is -0.386. The van der Waals surface area contributed by atoms with Crippen molar-refractivity contribution in [3.8, 4) is 0 Å². The van der Waals surface area contributed by atoms with E-state index in [1.54, 1.807) is 31.3 Å². The summed E-state index contributed by atoms with van der Waals surface area (Å²) < 4.78 is 3.35. The highest BCUT2D eigenvalue weighted by atomic mass is 35.5. The summed E-state index contributed by atoms with van der Waals surface area (Å²) in [5, 5.41) is 14.6. The minimum Gasteiger partial charge on any atom is -0.321 e. The number of amides is 2. The van der Waals surface area contributed by atoms with Gasteiger partial charge in [-0.05, 0) is 49.7 Å². The zero-order valence-electron chi connectivity index (χ0n) is 18.5. The van der Waals surface area contributed by atoms with Crippen LogP contribution in [0.1, 0.15) is 37.8 Å². The Morgan fingerprint density at radius 1 is 0.939 bits per heavy atom. The van der Waals surface area contributed by atoms with Gasteiger partial charge in [0.25, 0.3) is 11.8 Å². The lowest BCUT2D eigenvalue weighted by Gasteiger charge is -2.08. The number of carbonyl (C=O) groups excluding carboxylic acids is 2. The molecule has 0 fully saturated rings. The van der Waals surface area contributed by atoms with Gasteiger partial charge in [-0.25, -0.2) is 0 Å². The number of benzene rings is 2. The lowest BCUT2D eigenvalue weighted by Crippen LogP contribution is -2.14. The molecule has 0 aliphatic rings. The van der Waals surface area contributed by atoms with Gasteiger partial charge in [0, 0.05) is 24.5 Å². The van der Waals surface area contributed by atoms with Crippen molar-refractivity contribution in [3.63, 3.8) is 0 Å². The molecule has 0 spiro atoms. The summed E-state index contributed by atoms with van der Waals surface area (Å²) in [6, 6.07) is 17.9. The van der Waals surface area contributed by atoms with Gasteiger partial charge in [-0.2, -0.15) is 10.2 Å². The number of nitrogens with one attached hydrogen (secondary N) is 2. The smallest absolute Gasteiger partial charge is 0.276 e. The second kappa shape index (κ2) is 9.30. The van der Waals surface area contributed by atoms with Gasteiger partial charge in [-0.15, -0.1) is 0 Å². The maximum atomic E-state index is 12.8. The summed E-state index contributed by atoms with van der Waals surface area (Å²) in [6.07, 6.45) is 0. The third-order valence-corrected chi connectivity index (χ3v) is 5.42. The van der Waals surface area contributed by atoms with Gasteiger partial charge in [0.2, 0.25) is 0 Å². The molecule has 0 aliphatic heterocycles. The van der Waals surface area contributed by atoms with E-state index in [1.165, 1.54) is 10.7 Å². The van der Waals surface area contributed by atoms with Gasteiger partial charge >= 0.3 is 0 Å². The van der Waals surface area contributed by atoms with E-state index in [-0.39, 0.29) is 17.5 Å². The van der Waals surface area contributed by atoms with Gasteiger partial charge in [0.15, 0.2) is 5.69 Å². The fraction of sp³-hybridized carbons (Fsp3) is 0.167. The molecule has 33 heavy (non-hydrogen) atoms. The van der Waals surface area contributed by atoms with Crippen LogP contribution in [-0.4, -0.2) is 31.4 Å². The molecule has 0 unspecified atom stereocenters. The highest BCUT2D eigenvalue weighted by Gasteiger charge is 2.17. The minimum atomic E-state index is -0.382. The number of rotatable bonds is 6. The second-order valence-electron chi connectivity index (χ2n) is 7.71. The molecule has 9 heteroatoms. The van der Waals surface area contributed by atoms with E-state index in [4.69, 9.17) is 11.6 Å². The summed E-state index contributed by atoms with van der Waals surface area (Å²) in [4.78, 5) is 25.3. The van der Waals surface area contributed by atoms with Crippen molar-refractivity contribution in [2.45, 2.75) is 20.4 Å². The zero-order valence-corrected chi connectivity index (χ0v) is 19.2. The number of nitrogens with zero attached hydrogens (tertiary/aromatic N) is 4. The fourth-order valence-corrected chi connectivity index (χ4v) is 3.70. The van der Waals surface area contributed by atoms with Crippen LogP contribution in [0, 0.1) is 13.8 Å². The van der Waals surface area contributed by atoms with Crippen molar-refractivity contribution < 1.29 is 9.59 Å². The standard InChI is InChI=1S/C24H23ClN6O2/c1-15-11-16(2)31(28-15)14-17-7-6-8-18(12-17)26-24(33)21-13-22(30(3)29-21)27-23(32)19-9-4-5-10-20(19)25/h4-13H,14H2,1-3H3,(H,26,33)(H,27,32). The number of aromatic nitrogens is 4. The predicted octanol–water partition coefficient (Wildman–Crippen LogP) is 4.44. The number of carbonyl (C=O) groups is 2. The van der Waals surface area contributed by atoms with Crippen LogP contribution in [0.15, 0.2) is 60.7 Å². The van der Waals surface area contributed by atoms with Crippen LogP contribution in [0.2, 0.25) is 5.02 Å². The highest BCUT2D eigenvalue weighted by molar-refractivity contribution is 6.34. The summed E-state index contributed by atoms with van der Waals surface area (Å²) in [5.41, 5.74) is 4.20. The van der Waals surface area contributed by atoms with Crippen molar-refractivity contribution in [1.29, 1.82) is 0 Å². The molecule has 8 nitrogen and oxygen atoms in total. The molecule has 0 bridgehead atoms. The van der Waals surface area contributed by atoms with E-state index in [9.17, 15) is 9.59 Å². The average molecular weight is 463 g/mol. The highest BCUT2D eigenvalue weighted by Crippen LogP contribution is 2.19. The molecule has 168 valence electrons. The molecule has 4 rings (SSSR count). The van der Waals surface area contributed by atoms with Gasteiger partial charge in [0.05, 0.1) is 22.8 Å². The first-order chi connectivity index (χ1) is 15.8. The van der Waals surface area contributed by atoms with Gasteiger partial charge in [-0.1, -0.05) is 35.9 Å². The maximum absolute atomic E-state index is 12.8. The molecule has 0 radical (unpaired) electrons. The van der Waals surface area contributed by atoms with E-state index in [2.05, 4.69) is 20.8 Å². The normalized spacial score (nSPS) is 10.8. The van der Waals surface area contributed by atoms with Gasteiger partial charge in [0.1, 0.15) is 5.82 Å². The number of halogens is 1. The zero-order chi connectivity index (χ0) is 23.5. The Labute approximate surface area is 196 Å². The van der Waals surface area contributed by atoms with E-state index >= 15 is 0 Å². The number of hydrogen-bond acceptors (Lipinski definition) is 4. The van der Waals surface area contributed by atoms with Crippen molar-refractivity contribution >= 4 is 34.9 Å². The molecule has 2 aromatic carbocycles.